The lowest BCUT2D eigenvalue weighted by Crippen LogP contribution is -2.25. The van der Waals surface area contributed by atoms with Crippen molar-refractivity contribution in [1.29, 1.82) is 0 Å². The van der Waals surface area contributed by atoms with Gasteiger partial charge in [0.2, 0.25) is 0 Å². The molecule has 0 radical (unpaired) electrons. The van der Waals surface area contributed by atoms with Crippen LogP contribution >= 0.6 is 7.14 Å². The maximum atomic E-state index is 13.9. The molecule has 0 aromatic carbocycles. The second-order valence-electron chi connectivity index (χ2n) is 9.03. The first-order chi connectivity index (χ1) is 14.6. The van der Waals surface area contributed by atoms with Crippen molar-refractivity contribution in [2.45, 2.75) is 143 Å². The molecule has 0 amide bonds. The van der Waals surface area contributed by atoms with Crippen LogP contribution in [0.2, 0.25) is 0 Å². The van der Waals surface area contributed by atoms with Crippen LogP contribution in [0.5, 0.6) is 0 Å². The third kappa shape index (κ3) is 14.7. The highest BCUT2D eigenvalue weighted by atomic mass is 31.2. The number of esters is 1. The third-order valence-corrected chi connectivity index (χ3v) is 10.2. The van der Waals surface area contributed by atoms with Gasteiger partial charge in [-0.2, -0.15) is 0 Å². The van der Waals surface area contributed by atoms with Gasteiger partial charge < -0.3 is 9.30 Å². The molecule has 0 aromatic heterocycles. The van der Waals surface area contributed by atoms with Crippen LogP contribution in [0.3, 0.4) is 0 Å². The molecule has 0 spiro atoms. The van der Waals surface area contributed by atoms with Crippen LogP contribution in [0.1, 0.15) is 137 Å². The van der Waals surface area contributed by atoms with E-state index in [1.54, 1.807) is 0 Å². The molecule has 3 nitrogen and oxygen atoms in total. The van der Waals surface area contributed by atoms with Crippen LogP contribution in [0.4, 0.5) is 0 Å². The number of carbonyl (C=O) groups is 1. The maximum Gasteiger partial charge on any atom is 0.316 e. The molecule has 0 heterocycles. The average Bonchev–Trinajstić information content (AvgIpc) is 2.72. The molecule has 0 saturated carbocycles. The lowest BCUT2D eigenvalue weighted by Gasteiger charge is -2.26. The van der Waals surface area contributed by atoms with Crippen LogP contribution in [-0.4, -0.2) is 30.6 Å². The molecule has 1 unspecified atom stereocenters. The Hall–Kier alpha value is -0.300. The Labute approximate surface area is 188 Å². The van der Waals surface area contributed by atoms with E-state index in [1.165, 1.54) is 77.0 Å². The van der Waals surface area contributed by atoms with Crippen LogP contribution in [-0.2, 0) is 14.1 Å². The summed E-state index contributed by atoms with van der Waals surface area (Å²) in [6.07, 6.45) is 22.0. The molecule has 0 fully saturated rings. The summed E-state index contributed by atoms with van der Waals surface area (Å²) in [7, 11) is -2.52. The van der Waals surface area contributed by atoms with Gasteiger partial charge >= 0.3 is 5.97 Å². The van der Waals surface area contributed by atoms with E-state index in [2.05, 4.69) is 13.8 Å². The standard InChI is InChI=1S/C26H53O3P/c1-5-9-11-13-15-17-19-21-23-30(28,25(7-3)26(27)29-8-4)24-22-20-18-16-14-12-10-6-2/h25H,5-24H2,1-4H3. The van der Waals surface area contributed by atoms with Gasteiger partial charge in [0.25, 0.3) is 0 Å². The maximum absolute atomic E-state index is 13.9. The first-order valence-corrected chi connectivity index (χ1v) is 15.4. The van der Waals surface area contributed by atoms with E-state index >= 15 is 0 Å². The first kappa shape index (κ1) is 29.7. The normalized spacial score (nSPS) is 12.8. The van der Waals surface area contributed by atoms with Gasteiger partial charge in [0.05, 0.1) is 6.61 Å². The molecule has 0 saturated heterocycles. The molecule has 1 atom stereocenters. The molecular weight excluding hydrogens is 391 g/mol. The predicted molar refractivity (Wildman–Crippen MR) is 133 cm³/mol. The van der Waals surface area contributed by atoms with E-state index < -0.39 is 7.14 Å². The number of ether oxygens (including phenoxy) is 1. The summed E-state index contributed by atoms with van der Waals surface area (Å²) in [6, 6.07) is 0. The van der Waals surface area contributed by atoms with Gasteiger partial charge in [-0.15, -0.1) is 0 Å². The fraction of sp³-hybridized carbons (Fsp3) is 0.962. The van der Waals surface area contributed by atoms with Gasteiger partial charge in [0, 0.05) is 12.3 Å². The van der Waals surface area contributed by atoms with E-state index in [-0.39, 0.29) is 11.6 Å². The Morgan fingerprint density at radius 2 is 1.00 bits per heavy atom. The Morgan fingerprint density at radius 1 is 0.633 bits per heavy atom. The Kier molecular flexibility index (Phi) is 20.4. The van der Waals surface area contributed by atoms with Gasteiger partial charge in [-0.3, -0.25) is 4.79 Å². The molecule has 0 aromatic rings. The van der Waals surface area contributed by atoms with Crippen LogP contribution in [0.15, 0.2) is 0 Å². The van der Waals surface area contributed by atoms with E-state index in [4.69, 9.17) is 4.74 Å². The molecule has 180 valence electrons. The minimum atomic E-state index is -2.52. The molecule has 0 bridgehead atoms. The van der Waals surface area contributed by atoms with Crippen molar-refractivity contribution in [3.63, 3.8) is 0 Å². The van der Waals surface area contributed by atoms with Crippen molar-refractivity contribution in [2.75, 3.05) is 18.9 Å². The van der Waals surface area contributed by atoms with E-state index in [1.807, 2.05) is 13.8 Å². The lowest BCUT2D eigenvalue weighted by molar-refractivity contribution is -0.142. The van der Waals surface area contributed by atoms with Crippen molar-refractivity contribution in [2.24, 2.45) is 0 Å². The summed E-state index contributed by atoms with van der Waals surface area (Å²) in [4.78, 5) is 12.5. The van der Waals surface area contributed by atoms with Crippen LogP contribution in [0, 0.1) is 0 Å². The zero-order valence-electron chi connectivity index (χ0n) is 20.9. The zero-order chi connectivity index (χ0) is 22.5. The van der Waals surface area contributed by atoms with E-state index in [0.717, 1.165) is 38.0 Å². The van der Waals surface area contributed by atoms with E-state index in [0.29, 0.717) is 13.0 Å². The summed E-state index contributed by atoms with van der Waals surface area (Å²) < 4.78 is 19.2. The highest BCUT2D eigenvalue weighted by Gasteiger charge is 2.37. The zero-order valence-corrected chi connectivity index (χ0v) is 21.8. The van der Waals surface area contributed by atoms with E-state index in [9.17, 15) is 9.36 Å². The molecule has 0 aliphatic rings. The highest BCUT2D eigenvalue weighted by molar-refractivity contribution is 7.65. The Bertz CT molecular complexity index is 412. The van der Waals surface area contributed by atoms with Crippen LogP contribution in [0.25, 0.3) is 0 Å². The fourth-order valence-corrected chi connectivity index (χ4v) is 7.87. The smallest absolute Gasteiger partial charge is 0.316 e. The summed E-state index contributed by atoms with van der Waals surface area (Å²) in [5.41, 5.74) is -0.383. The molecule has 0 aliphatic heterocycles. The third-order valence-electron chi connectivity index (χ3n) is 6.29. The molecule has 0 aliphatic carbocycles. The monoisotopic (exact) mass is 444 g/mol. The largest absolute Gasteiger partial charge is 0.465 e. The van der Waals surface area contributed by atoms with Gasteiger partial charge in [-0.1, -0.05) is 111 Å². The average molecular weight is 445 g/mol. The SMILES string of the molecule is CCCCCCCCCCP(=O)(CCCCCCCCCC)C(CC)C(=O)OCC. The number of rotatable bonds is 22. The van der Waals surface area contributed by atoms with Crippen molar-refractivity contribution in [3.05, 3.63) is 0 Å². The molecule has 4 heteroatoms. The summed E-state index contributed by atoms with van der Waals surface area (Å²) in [5.74, 6) is -0.220. The van der Waals surface area contributed by atoms with Crippen molar-refractivity contribution < 1.29 is 14.1 Å². The van der Waals surface area contributed by atoms with Crippen molar-refractivity contribution in [1.82, 2.24) is 0 Å². The van der Waals surface area contributed by atoms with Gasteiger partial charge in [0.1, 0.15) is 12.8 Å². The topological polar surface area (TPSA) is 43.4 Å². The Morgan fingerprint density at radius 3 is 1.33 bits per heavy atom. The second-order valence-corrected chi connectivity index (χ2v) is 12.4. The summed E-state index contributed by atoms with van der Waals surface area (Å²) >= 11 is 0. The first-order valence-electron chi connectivity index (χ1n) is 13.3. The predicted octanol–water partition coefficient (Wildman–Crippen LogP) is 8.97. The fourth-order valence-electron chi connectivity index (χ4n) is 4.38. The van der Waals surface area contributed by atoms with Crippen molar-refractivity contribution >= 4 is 13.1 Å². The lowest BCUT2D eigenvalue weighted by atomic mass is 10.1. The number of hydrogen-bond donors (Lipinski definition) is 0. The minimum Gasteiger partial charge on any atom is -0.465 e. The van der Waals surface area contributed by atoms with Crippen LogP contribution < -0.4 is 0 Å². The second kappa shape index (κ2) is 20.6. The summed E-state index contributed by atoms with van der Waals surface area (Å²) in [5, 5.41) is 0. The Balaban J connectivity index is 4.47. The van der Waals surface area contributed by atoms with Crippen molar-refractivity contribution in [3.8, 4) is 0 Å². The molecule has 0 N–H and O–H groups in total. The molecule has 30 heavy (non-hydrogen) atoms. The van der Waals surface area contributed by atoms with Gasteiger partial charge in [-0.25, -0.2) is 0 Å². The number of carbonyl (C=O) groups excluding carboxylic acids is 1. The molecular formula is C26H53O3P. The number of unbranched alkanes of at least 4 members (excludes halogenated alkanes) is 14. The van der Waals surface area contributed by atoms with Gasteiger partial charge in [0.15, 0.2) is 0 Å². The van der Waals surface area contributed by atoms with Gasteiger partial charge in [-0.05, 0) is 26.2 Å². The minimum absolute atomic E-state index is 0.220. The molecule has 0 rings (SSSR count). The quantitative estimate of drug-likeness (QED) is 0.0950. The number of hydrogen-bond acceptors (Lipinski definition) is 3. The summed E-state index contributed by atoms with van der Waals surface area (Å²) in [6.45, 7) is 8.71. The highest BCUT2D eigenvalue weighted by Crippen LogP contribution is 2.54.